The number of carboxylic acid groups (broad SMARTS) is 1. The molecule has 0 aromatic heterocycles. The maximum absolute atomic E-state index is 10.7. The lowest BCUT2D eigenvalue weighted by Gasteiger charge is -2.13. The SMILES string of the molecule is CCCCCCCCCOc1c(C)cc(C)cc1/C=C/C(C)=C/C=C/C(C)=C/C(=O)O. The normalized spacial score (nSPS) is 12.8. The topological polar surface area (TPSA) is 46.5 Å². The van der Waals surface area contributed by atoms with E-state index < -0.39 is 5.97 Å². The Morgan fingerprint density at radius 2 is 1.65 bits per heavy atom. The molecule has 0 atom stereocenters. The number of carboxylic acids is 1. The number of benzene rings is 1. The number of hydrogen-bond acceptors (Lipinski definition) is 2. The number of aliphatic carboxylic acids is 1. The third-order valence-electron chi connectivity index (χ3n) is 5.04. The number of allylic oxidation sites excluding steroid dienone is 6. The molecule has 0 aliphatic carbocycles. The average molecular weight is 425 g/mol. The lowest BCUT2D eigenvalue weighted by atomic mass is 10.0. The van der Waals surface area contributed by atoms with Crippen LogP contribution in [0.15, 0.2) is 53.7 Å². The van der Waals surface area contributed by atoms with Gasteiger partial charge in [0.1, 0.15) is 5.75 Å². The van der Waals surface area contributed by atoms with Crippen molar-refractivity contribution in [1.29, 1.82) is 0 Å². The summed E-state index contributed by atoms with van der Waals surface area (Å²) in [6.45, 7) is 11.0. The fourth-order valence-electron chi connectivity index (χ4n) is 3.41. The third-order valence-corrected chi connectivity index (χ3v) is 5.04. The molecule has 0 spiro atoms. The molecule has 0 amide bonds. The first kappa shape index (κ1) is 26.5. The summed E-state index contributed by atoms with van der Waals surface area (Å²) in [6.07, 6.45) is 19.9. The molecule has 0 bridgehead atoms. The first-order chi connectivity index (χ1) is 14.8. The molecule has 0 radical (unpaired) electrons. The molecule has 3 heteroatoms. The molecule has 1 aromatic carbocycles. The summed E-state index contributed by atoms with van der Waals surface area (Å²) in [6, 6.07) is 4.33. The molecule has 0 saturated heterocycles. The van der Waals surface area contributed by atoms with Gasteiger partial charge in [-0.25, -0.2) is 4.79 Å². The number of carbonyl (C=O) groups is 1. The number of hydrogen-bond donors (Lipinski definition) is 1. The molecule has 1 aromatic rings. The largest absolute Gasteiger partial charge is 0.493 e. The van der Waals surface area contributed by atoms with Crippen LogP contribution in [0.5, 0.6) is 5.75 Å². The molecular weight excluding hydrogens is 384 g/mol. The molecule has 3 nitrogen and oxygen atoms in total. The van der Waals surface area contributed by atoms with Crippen LogP contribution in [0, 0.1) is 13.8 Å². The van der Waals surface area contributed by atoms with Crippen molar-refractivity contribution in [3.05, 3.63) is 70.3 Å². The minimum atomic E-state index is -0.929. The standard InChI is InChI=1S/C28H40O3/c1-6-7-8-9-10-11-12-18-31-28-25(5)19-24(4)20-26(28)17-16-22(2)14-13-15-23(3)21-27(29)30/h13-17,19-21H,6-12,18H2,1-5H3,(H,29,30)/b15-13+,17-16+,22-14+,23-21+. The van der Waals surface area contributed by atoms with E-state index in [1.54, 1.807) is 13.0 Å². The minimum Gasteiger partial charge on any atom is -0.493 e. The Labute approximate surface area is 189 Å². The van der Waals surface area contributed by atoms with Gasteiger partial charge in [0.05, 0.1) is 6.61 Å². The van der Waals surface area contributed by atoms with Gasteiger partial charge in [-0.05, 0) is 51.3 Å². The Morgan fingerprint density at radius 1 is 0.968 bits per heavy atom. The number of aryl methyl sites for hydroxylation is 2. The van der Waals surface area contributed by atoms with E-state index >= 15 is 0 Å². The van der Waals surface area contributed by atoms with Crippen molar-refractivity contribution in [3.63, 3.8) is 0 Å². The van der Waals surface area contributed by atoms with Crippen molar-refractivity contribution in [2.45, 2.75) is 79.6 Å². The van der Waals surface area contributed by atoms with Crippen LogP contribution in [-0.2, 0) is 4.79 Å². The highest BCUT2D eigenvalue weighted by Gasteiger charge is 2.06. The zero-order valence-electron chi connectivity index (χ0n) is 20.0. The molecule has 0 unspecified atom stereocenters. The van der Waals surface area contributed by atoms with E-state index in [0.29, 0.717) is 5.57 Å². The second kappa shape index (κ2) is 15.3. The Morgan fingerprint density at radius 3 is 2.32 bits per heavy atom. The molecule has 0 saturated carbocycles. The van der Waals surface area contributed by atoms with Crippen LogP contribution in [0.1, 0.15) is 82.4 Å². The van der Waals surface area contributed by atoms with E-state index in [2.05, 4.69) is 45.1 Å². The van der Waals surface area contributed by atoms with E-state index in [4.69, 9.17) is 9.84 Å². The lowest BCUT2D eigenvalue weighted by Crippen LogP contribution is -2.01. The average Bonchev–Trinajstić information content (AvgIpc) is 2.69. The third kappa shape index (κ3) is 12.0. The molecule has 0 heterocycles. The highest BCUT2D eigenvalue weighted by Crippen LogP contribution is 2.27. The van der Waals surface area contributed by atoms with Gasteiger partial charge in [-0.2, -0.15) is 0 Å². The van der Waals surface area contributed by atoms with Crippen LogP contribution in [0.4, 0.5) is 0 Å². The highest BCUT2D eigenvalue weighted by atomic mass is 16.5. The van der Waals surface area contributed by atoms with Gasteiger partial charge in [-0.3, -0.25) is 0 Å². The molecule has 1 rings (SSSR count). The maximum Gasteiger partial charge on any atom is 0.328 e. The van der Waals surface area contributed by atoms with E-state index in [1.165, 1.54) is 55.7 Å². The summed E-state index contributed by atoms with van der Waals surface area (Å²) < 4.78 is 6.18. The van der Waals surface area contributed by atoms with Gasteiger partial charge in [0.25, 0.3) is 0 Å². The summed E-state index contributed by atoms with van der Waals surface area (Å²) in [5, 5.41) is 8.76. The van der Waals surface area contributed by atoms with Crippen molar-refractivity contribution in [3.8, 4) is 5.75 Å². The van der Waals surface area contributed by atoms with Crippen LogP contribution < -0.4 is 4.74 Å². The van der Waals surface area contributed by atoms with Gasteiger partial charge in [-0.15, -0.1) is 0 Å². The van der Waals surface area contributed by atoms with Gasteiger partial charge in [-0.1, -0.05) is 93.0 Å². The first-order valence-corrected chi connectivity index (χ1v) is 11.5. The fourth-order valence-corrected chi connectivity index (χ4v) is 3.41. The Balaban J connectivity index is 2.71. The van der Waals surface area contributed by atoms with Gasteiger partial charge >= 0.3 is 5.97 Å². The van der Waals surface area contributed by atoms with E-state index in [1.807, 2.05) is 19.1 Å². The Bertz CT molecular complexity index is 810. The van der Waals surface area contributed by atoms with Crippen LogP contribution in [0.3, 0.4) is 0 Å². The van der Waals surface area contributed by atoms with Crippen LogP contribution in [0.2, 0.25) is 0 Å². The quantitative estimate of drug-likeness (QED) is 0.187. The number of rotatable bonds is 14. The zero-order valence-corrected chi connectivity index (χ0v) is 20.0. The summed E-state index contributed by atoms with van der Waals surface area (Å²) in [5.74, 6) is 0.0398. The van der Waals surface area contributed by atoms with Crippen LogP contribution >= 0.6 is 0 Å². The Hall–Kier alpha value is -2.55. The summed E-state index contributed by atoms with van der Waals surface area (Å²) in [5.41, 5.74) is 5.27. The van der Waals surface area contributed by atoms with Crippen molar-refractivity contribution in [1.82, 2.24) is 0 Å². The molecule has 0 aliphatic heterocycles. The number of unbranched alkanes of at least 4 members (excludes halogenated alkanes) is 6. The Kier molecular flexibility index (Phi) is 13.1. The summed E-state index contributed by atoms with van der Waals surface area (Å²) in [7, 11) is 0. The van der Waals surface area contributed by atoms with Gasteiger partial charge in [0.2, 0.25) is 0 Å². The first-order valence-electron chi connectivity index (χ1n) is 11.5. The van der Waals surface area contributed by atoms with E-state index in [-0.39, 0.29) is 0 Å². The zero-order chi connectivity index (χ0) is 23.1. The second-order valence-corrected chi connectivity index (χ2v) is 8.30. The van der Waals surface area contributed by atoms with Crippen molar-refractivity contribution in [2.75, 3.05) is 6.61 Å². The monoisotopic (exact) mass is 424 g/mol. The van der Waals surface area contributed by atoms with Crippen LogP contribution in [0.25, 0.3) is 6.08 Å². The fraction of sp³-hybridized carbons (Fsp3) is 0.464. The predicted octanol–water partition coefficient (Wildman–Crippen LogP) is 7.98. The van der Waals surface area contributed by atoms with Gasteiger partial charge < -0.3 is 9.84 Å². The predicted molar refractivity (Wildman–Crippen MR) is 133 cm³/mol. The van der Waals surface area contributed by atoms with Gasteiger partial charge in [0.15, 0.2) is 0 Å². The second-order valence-electron chi connectivity index (χ2n) is 8.30. The molecule has 1 N–H and O–H groups in total. The smallest absolute Gasteiger partial charge is 0.328 e. The van der Waals surface area contributed by atoms with Crippen molar-refractivity contribution in [2.24, 2.45) is 0 Å². The lowest BCUT2D eigenvalue weighted by molar-refractivity contribution is -0.131. The maximum atomic E-state index is 10.7. The minimum absolute atomic E-state index is 0.705. The molecule has 0 aliphatic rings. The van der Waals surface area contributed by atoms with E-state index in [9.17, 15) is 4.79 Å². The summed E-state index contributed by atoms with van der Waals surface area (Å²) in [4.78, 5) is 10.7. The van der Waals surface area contributed by atoms with E-state index in [0.717, 1.165) is 29.9 Å². The van der Waals surface area contributed by atoms with Crippen molar-refractivity contribution < 1.29 is 14.6 Å². The molecule has 170 valence electrons. The van der Waals surface area contributed by atoms with Gasteiger partial charge in [0, 0.05) is 11.6 Å². The molecule has 31 heavy (non-hydrogen) atoms. The highest BCUT2D eigenvalue weighted by molar-refractivity contribution is 5.81. The van der Waals surface area contributed by atoms with Crippen molar-refractivity contribution >= 4 is 12.0 Å². The molecule has 0 fully saturated rings. The number of ether oxygens (including phenoxy) is 1. The molecular formula is C28H40O3. The summed E-state index contributed by atoms with van der Waals surface area (Å²) >= 11 is 0. The van der Waals surface area contributed by atoms with Crippen LogP contribution in [-0.4, -0.2) is 17.7 Å².